The number of nitrogens with zero attached hydrogens (tertiary/aromatic N) is 3. The number of rotatable bonds is 6. The monoisotopic (exact) mass is 457 g/mol. The molecule has 1 amide bonds. The Balaban J connectivity index is 1.66. The van der Waals surface area contributed by atoms with Gasteiger partial charge in [-0.25, -0.2) is 4.68 Å². The molecule has 2 N–H and O–H groups in total. The minimum atomic E-state index is -0.460. The van der Waals surface area contributed by atoms with Crippen molar-refractivity contribution in [1.29, 1.82) is 0 Å². The zero-order chi connectivity index (χ0) is 22.0. The van der Waals surface area contributed by atoms with E-state index in [-0.39, 0.29) is 11.9 Å². The Bertz CT molecular complexity index is 1090. The number of hydrogen-bond acceptors (Lipinski definition) is 6. The maximum Gasteiger partial charge on any atom is 0.240 e. The Morgan fingerprint density at radius 2 is 2.00 bits per heavy atom. The number of aromatic nitrogens is 3. The van der Waals surface area contributed by atoms with Gasteiger partial charge < -0.3 is 15.5 Å². The van der Waals surface area contributed by atoms with Crippen LogP contribution in [0.4, 0.5) is 5.69 Å². The van der Waals surface area contributed by atoms with E-state index < -0.39 is 5.25 Å². The summed E-state index contributed by atoms with van der Waals surface area (Å²) in [5, 5.41) is 12.3. The van der Waals surface area contributed by atoms with Gasteiger partial charge in [0, 0.05) is 17.1 Å². The highest BCUT2D eigenvalue weighted by molar-refractivity contribution is 8.00. The minimum absolute atomic E-state index is 0.131. The first kappa shape index (κ1) is 21.5. The smallest absolute Gasteiger partial charge is 0.240 e. The summed E-state index contributed by atoms with van der Waals surface area (Å²) in [5.41, 5.74) is 6.07. The largest absolute Gasteiger partial charge is 0.494 e. The van der Waals surface area contributed by atoms with Gasteiger partial charge in [-0.05, 0) is 49.2 Å². The number of hydrogen-bond donors (Lipinski definition) is 2. The fraction of sp³-hybridized carbons (Fsp3) is 0.318. The van der Waals surface area contributed by atoms with Gasteiger partial charge in [-0.2, -0.15) is 0 Å². The van der Waals surface area contributed by atoms with Gasteiger partial charge in [0.25, 0.3) is 0 Å². The molecule has 0 radical (unpaired) electrons. The van der Waals surface area contributed by atoms with Crippen molar-refractivity contribution in [3.8, 4) is 5.75 Å². The Morgan fingerprint density at radius 1 is 1.23 bits per heavy atom. The van der Waals surface area contributed by atoms with Crippen molar-refractivity contribution in [3.05, 3.63) is 64.4 Å². The van der Waals surface area contributed by atoms with Gasteiger partial charge in [-0.1, -0.05) is 48.5 Å². The first-order valence-electron chi connectivity index (χ1n) is 10.2. The Morgan fingerprint density at radius 3 is 2.71 bits per heavy atom. The average Bonchev–Trinajstić information content (AvgIpc) is 3.18. The molecule has 0 aliphatic carbocycles. The predicted octanol–water partition coefficient (Wildman–Crippen LogP) is 4.60. The van der Waals surface area contributed by atoms with Crippen molar-refractivity contribution in [2.45, 2.75) is 43.6 Å². The number of amides is 1. The van der Waals surface area contributed by atoms with E-state index in [0.717, 1.165) is 29.1 Å². The maximum absolute atomic E-state index is 13.4. The van der Waals surface area contributed by atoms with Gasteiger partial charge in [0.1, 0.15) is 11.0 Å². The molecule has 0 spiro atoms. The van der Waals surface area contributed by atoms with Gasteiger partial charge in [0.05, 0.1) is 12.6 Å². The highest BCUT2D eigenvalue weighted by Crippen LogP contribution is 2.38. The van der Waals surface area contributed by atoms with Crippen LogP contribution in [0.3, 0.4) is 0 Å². The molecule has 0 saturated carbocycles. The molecule has 3 aromatic rings. The zero-order valence-electron chi connectivity index (χ0n) is 17.6. The van der Waals surface area contributed by atoms with Crippen LogP contribution in [0, 0.1) is 6.92 Å². The topological polar surface area (TPSA) is 81.1 Å². The van der Waals surface area contributed by atoms with E-state index in [4.69, 9.17) is 16.3 Å². The third-order valence-corrected chi connectivity index (χ3v) is 6.54. The third-order valence-electron chi connectivity index (χ3n) is 5.09. The molecular weight excluding hydrogens is 434 g/mol. The van der Waals surface area contributed by atoms with Crippen LogP contribution in [0.2, 0.25) is 5.02 Å². The molecule has 2 aromatic carbocycles. The van der Waals surface area contributed by atoms with Gasteiger partial charge in [0.15, 0.2) is 5.82 Å². The van der Waals surface area contributed by atoms with E-state index in [1.54, 1.807) is 12.1 Å². The number of fused-ring (bicyclic) bond motifs is 1. The van der Waals surface area contributed by atoms with Crippen LogP contribution in [0.5, 0.6) is 5.75 Å². The molecule has 162 valence electrons. The normalized spacial score (nSPS) is 17.5. The SMILES string of the molecule is CCOc1ccc([C@@H]2Nn3c(CC)nnc3S[C@@H]2C(=O)Nc2cc(Cl)ccc2C)cc1. The number of carbonyl (C=O) groups is 1. The predicted molar refractivity (Wildman–Crippen MR) is 124 cm³/mol. The second kappa shape index (κ2) is 9.20. The molecule has 1 aromatic heterocycles. The van der Waals surface area contributed by atoms with Crippen molar-refractivity contribution in [2.75, 3.05) is 17.3 Å². The van der Waals surface area contributed by atoms with Crippen LogP contribution in [0.25, 0.3) is 0 Å². The summed E-state index contributed by atoms with van der Waals surface area (Å²) in [6.07, 6.45) is 0.731. The van der Waals surface area contributed by atoms with Gasteiger partial charge in [-0.15, -0.1) is 10.2 Å². The van der Waals surface area contributed by atoms with E-state index in [0.29, 0.717) is 22.5 Å². The highest BCUT2D eigenvalue weighted by atomic mass is 35.5. The van der Waals surface area contributed by atoms with Crippen molar-refractivity contribution >= 4 is 35.0 Å². The molecule has 0 fully saturated rings. The number of aryl methyl sites for hydroxylation is 2. The molecule has 0 saturated heterocycles. The summed E-state index contributed by atoms with van der Waals surface area (Å²) in [7, 11) is 0. The van der Waals surface area contributed by atoms with E-state index in [1.165, 1.54) is 11.8 Å². The van der Waals surface area contributed by atoms with Crippen LogP contribution in [0.1, 0.15) is 36.8 Å². The lowest BCUT2D eigenvalue weighted by Crippen LogP contribution is -2.41. The molecule has 31 heavy (non-hydrogen) atoms. The molecular formula is C22H24ClN5O2S. The fourth-order valence-corrected chi connectivity index (χ4v) is 4.72. The molecule has 7 nitrogen and oxygen atoms in total. The first-order chi connectivity index (χ1) is 15.0. The molecule has 2 atom stereocenters. The summed E-state index contributed by atoms with van der Waals surface area (Å²) in [4.78, 5) is 13.4. The number of ether oxygens (including phenoxy) is 1. The Labute approximate surface area is 190 Å². The number of anilines is 1. The highest BCUT2D eigenvalue weighted by Gasteiger charge is 2.37. The molecule has 2 heterocycles. The third kappa shape index (κ3) is 4.50. The van der Waals surface area contributed by atoms with E-state index >= 15 is 0 Å². The first-order valence-corrected chi connectivity index (χ1v) is 11.4. The molecule has 1 aliphatic rings. The van der Waals surface area contributed by atoms with Crippen molar-refractivity contribution < 1.29 is 9.53 Å². The molecule has 1 aliphatic heterocycles. The summed E-state index contributed by atoms with van der Waals surface area (Å²) in [5.74, 6) is 1.49. The Kier molecular flexibility index (Phi) is 6.38. The van der Waals surface area contributed by atoms with Gasteiger partial charge in [-0.3, -0.25) is 4.79 Å². The van der Waals surface area contributed by atoms with Gasteiger partial charge in [0.2, 0.25) is 11.1 Å². The maximum atomic E-state index is 13.4. The minimum Gasteiger partial charge on any atom is -0.494 e. The average molecular weight is 458 g/mol. The van der Waals surface area contributed by atoms with Crippen LogP contribution in [-0.4, -0.2) is 32.6 Å². The Hall–Kier alpha value is -2.71. The second-order valence-electron chi connectivity index (χ2n) is 7.18. The number of halogens is 1. The number of nitrogens with one attached hydrogen (secondary N) is 2. The fourth-order valence-electron chi connectivity index (χ4n) is 3.45. The molecule has 0 bridgehead atoms. The van der Waals surface area contributed by atoms with Crippen LogP contribution >= 0.6 is 23.4 Å². The summed E-state index contributed by atoms with van der Waals surface area (Å²) >= 11 is 7.53. The van der Waals surface area contributed by atoms with E-state index in [9.17, 15) is 4.79 Å². The van der Waals surface area contributed by atoms with Gasteiger partial charge >= 0.3 is 0 Å². The van der Waals surface area contributed by atoms with Crippen LogP contribution < -0.4 is 15.5 Å². The van der Waals surface area contributed by atoms with Crippen molar-refractivity contribution in [2.24, 2.45) is 0 Å². The van der Waals surface area contributed by atoms with E-state index in [1.807, 2.05) is 55.8 Å². The summed E-state index contributed by atoms with van der Waals surface area (Å²) in [6.45, 7) is 6.51. The molecule has 9 heteroatoms. The lowest BCUT2D eigenvalue weighted by atomic mass is 10.0. The van der Waals surface area contributed by atoms with Crippen LogP contribution in [0.15, 0.2) is 47.6 Å². The lowest BCUT2D eigenvalue weighted by Gasteiger charge is -2.33. The molecule has 4 rings (SSSR count). The van der Waals surface area contributed by atoms with E-state index in [2.05, 4.69) is 20.9 Å². The standard InChI is InChI=1S/C22H24ClN5O2S/c1-4-18-25-26-22-28(18)27-19(14-7-10-16(11-8-14)30-5-2)20(31-22)21(29)24-17-12-15(23)9-6-13(17)3/h6-12,19-20,27H,4-5H2,1-3H3,(H,24,29)/t19-,20-/m0/s1. The lowest BCUT2D eigenvalue weighted by molar-refractivity contribution is -0.116. The van der Waals surface area contributed by atoms with Crippen molar-refractivity contribution in [1.82, 2.24) is 14.9 Å². The second-order valence-corrected chi connectivity index (χ2v) is 8.73. The summed E-state index contributed by atoms with van der Waals surface area (Å²) < 4.78 is 7.44. The number of benzene rings is 2. The zero-order valence-corrected chi connectivity index (χ0v) is 19.1. The summed E-state index contributed by atoms with van der Waals surface area (Å²) in [6, 6.07) is 13.0. The number of carbonyl (C=O) groups excluding carboxylic acids is 1. The molecule has 0 unspecified atom stereocenters. The van der Waals surface area contributed by atoms with Crippen molar-refractivity contribution in [3.63, 3.8) is 0 Å². The quantitative estimate of drug-likeness (QED) is 0.563. The number of thioether (sulfide) groups is 1. The van der Waals surface area contributed by atoms with Crippen LogP contribution in [-0.2, 0) is 11.2 Å².